The molecule has 0 spiro atoms. The topological polar surface area (TPSA) is 30.0 Å². The molecule has 0 radical (unpaired) electrons. The molecule has 0 aliphatic heterocycles. The van der Waals surface area contributed by atoms with Gasteiger partial charge in [-0.3, -0.25) is 0 Å². The van der Waals surface area contributed by atoms with Crippen molar-refractivity contribution < 1.29 is 4.57 Å². The first kappa shape index (κ1) is 26.3. The van der Waals surface area contributed by atoms with Crippen LogP contribution in [0.5, 0.6) is 0 Å². The largest absolute Gasteiger partial charge is 0.309 e. The van der Waals surface area contributed by atoms with Gasteiger partial charge >= 0.3 is 0 Å². The van der Waals surface area contributed by atoms with Gasteiger partial charge in [0.15, 0.2) is 7.14 Å². The highest BCUT2D eigenvalue weighted by Gasteiger charge is 2.31. The third kappa shape index (κ3) is 4.43. The molecule has 0 fully saturated rings. The van der Waals surface area contributed by atoms with E-state index in [9.17, 15) is 0 Å². The van der Waals surface area contributed by atoms with Gasteiger partial charge in [-0.05, 0) is 69.1 Å². The Bertz CT molecular complexity index is 2320. The van der Waals surface area contributed by atoms with Crippen LogP contribution >= 0.6 is 7.14 Å². The van der Waals surface area contributed by atoms with Crippen LogP contribution in [0.2, 0.25) is 0 Å². The van der Waals surface area contributed by atoms with Crippen molar-refractivity contribution in [1.82, 2.24) is 4.98 Å². The number of rotatable bonds is 5. The number of benzene rings is 7. The van der Waals surface area contributed by atoms with Gasteiger partial charge in [0, 0.05) is 26.9 Å². The summed E-state index contributed by atoms with van der Waals surface area (Å²) in [6.45, 7) is 0. The normalized spacial score (nSPS) is 11.7. The fourth-order valence-corrected chi connectivity index (χ4v) is 9.06. The molecule has 1 heterocycles. The minimum absolute atomic E-state index is 0.787. The molecular weight excluding hydrogens is 553 g/mol. The van der Waals surface area contributed by atoms with E-state index in [0.29, 0.717) is 0 Å². The second kappa shape index (κ2) is 10.8. The zero-order valence-electron chi connectivity index (χ0n) is 24.0. The van der Waals surface area contributed by atoms with Gasteiger partial charge in [0.05, 0.1) is 11.2 Å². The zero-order valence-corrected chi connectivity index (χ0v) is 24.9. The van der Waals surface area contributed by atoms with Crippen LogP contribution in [0.3, 0.4) is 0 Å². The van der Waals surface area contributed by atoms with E-state index < -0.39 is 7.14 Å². The number of aromatic nitrogens is 1. The standard InChI is InChI=1S/C41H28NOP/c43-44(33-15-3-1-4-16-33,34-17-5-2-6-18-34)35-26-31(25-32(27-35)41-24-23-29-13-8-12-22-40(29)42-41)39-28-30-14-7-9-19-36(30)37-20-10-11-21-38(37)39/h1-28H. The highest BCUT2D eigenvalue weighted by atomic mass is 31.2. The predicted molar refractivity (Wildman–Crippen MR) is 187 cm³/mol. The van der Waals surface area contributed by atoms with Crippen LogP contribution in [0.1, 0.15) is 0 Å². The molecule has 2 nitrogen and oxygen atoms in total. The van der Waals surface area contributed by atoms with E-state index in [4.69, 9.17) is 4.98 Å². The maximum Gasteiger partial charge on any atom is 0.171 e. The van der Waals surface area contributed by atoms with Crippen molar-refractivity contribution in [2.75, 3.05) is 0 Å². The van der Waals surface area contributed by atoms with E-state index in [0.717, 1.165) is 54.6 Å². The van der Waals surface area contributed by atoms with E-state index in [-0.39, 0.29) is 0 Å². The van der Waals surface area contributed by atoms with Crippen molar-refractivity contribution in [3.05, 3.63) is 170 Å². The summed E-state index contributed by atoms with van der Waals surface area (Å²) < 4.78 is 15.7. The van der Waals surface area contributed by atoms with Gasteiger partial charge < -0.3 is 4.57 Å². The lowest BCUT2D eigenvalue weighted by molar-refractivity contribution is 0.592. The molecule has 208 valence electrons. The highest BCUT2D eigenvalue weighted by Crippen LogP contribution is 2.45. The molecule has 8 aromatic rings. The molecule has 0 atom stereocenters. The number of hydrogen-bond donors (Lipinski definition) is 0. The van der Waals surface area contributed by atoms with E-state index in [1.807, 2.05) is 78.9 Å². The van der Waals surface area contributed by atoms with Crippen LogP contribution in [0.25, 0.3) is 54.8 Å². The van der Waals surface area contributed by atoms with Crippen LogP contribution in [0.15, 0.2) is 170 Å². The number of pyridine rings is 1. The average Bonchev–Trinajstić information content (AvgIpc) is 3.11. The first-order valence-electron chi connectivity index (χ1n) is 14.8. The van der Waals surface area contributed by atoms with Crippen molar-refractivity contribution in [3.8, 4) is 22.4 Å². The number of hydrogen-bond acceptors (Lipinski definition) is 2. The Kier molecular flexibility index (Phi) is 6.44. The molecule has 0 N–H and O–H groups in total. The van der Waals surface area contributed by atoms with Crippen molar-refractivity contribution in [1.29, 1.82) is 0 Å². The maximum absolute atomic E-state index is 15.7. The maximum atomic E-state index is 15.7. The quantitative estimate of drug-likeness (QED) is 0.150. The summed E-state index contributed by atoms with van der Waals surface area (Å²) in [6.07, 6.45) is 0. The Labute approximate surface area is 256 Å². The summed E-state index contributed by atoms with van der Waals surface area (Å²) in [5.41, 5.74) is 4.84. The van der Waals surface area contributed by atoms with Gasteiger partial charge in [-0.25, -0.2) is 4.98 Å². The molecule has 0 bridgehead atoms. The van der Waals surface area contributed by atoms with Crippen LogP contribution in [-0.4, -0.2) is 4.98 Å². The molecule has 3 heteroatoms. The van der Waals surface area contributed by atoms with Crippen LogP contribution in [0.4, 0.5) is 0 Å². The molecule has 1 aromatic heterocycles. The van der Waals surface area contributed by atoms with E-state index in [1.54, 1.807) is 0 Å². The number of para-hydroxylation sites is 1. The molecule has 0 aliphatic rings. The molecule has 0 saturated carbocycles. The van der Waals surface area contributed by atoms with Crippen molar-refractivity contribution in [3.63, 3.8) is 0 Å². The van der Waals surface area contributed by atoms with Gasteiger partial charge in [0.25, 0.3) is 0 Å². The second-order valence-electron chi connectivity index (χ2n) is 11.1. The summed E-state index contributed by atoms with van der Waals surface area (Å²) in [4.78, 5) is 5.07. The van der Waals surface area contributed by atoms with Crippen LogP contribution < -0.4 is 15.9 Å². The van der Waals surface area contributed by atoms with Gasteiger partial charge in [-0.2, -0.15) is 0 Å². The third-order valence-electron chi connectivity index (χ3n) is 8.49. The fourth-order valence-electron chi connectivity index (χ4n) is 6.34. The molecule has 0 amide bonds. The first-order valence-corrected chi connectivity index (χ1v) is 16.5. The first-order chi connectivity index (χ1) is 21.7. The lowest BCUT2D eigenvalue weighted by atomic mass is 9.92. The van der Waals surface area contributed by atoms with Crippen molar-refractivity contribution >= 4 is 55.5 Å². The highest BCUT2D eigenvalue weighted by molar-refractivity contribution is 7.85. The van der Waals surface area contributed by atoms with E-state index in [2.05, 4.69) is 91.0 Å². The summed E-state index contributed by atoms with van der Waals surface area (Å²) in [5, 5.41) is 8.25. The Morgan fingerprint density at radius 2 is 0.977 bits per heavy atom. The lowest BCUT2D eigenvalue weighted by Crippen LogP contribution is -2.25. The van der Waals surface area contributed by atoms with E-state index >= 15 is 4.57 Å². The number of fused-ring (bicyclic) bond motifs is 4. The monoisotopic (exact) mass is 581 g/mol. The Hall–Kier alpha value is -5.30. The molecular formula is C41H28NOP. The predicted octanol–water partition coefficient (Wildman–Crippen LogP) is 9.51. The Morgan fingerprint density at radius 3 is 1.70 bits per heavy atom. The van der Waals surface area contributed by atoms with Crippen LogP contribution in [-0.2, 0) is 4.57 Å². The summed E-state index contributed by atoms with van der Waals surface area (Å²) >= 11 is 0. The van der Waals surface area contributed by atoms with Crippen LogP contribution in [0, 0.1) is 0 Å². The summed E-state index contributed by atoms with van der Waals surface area (Å²) in [6, 6.07) is 57.9. The summed E-state index contributed by atoms with van der Waals surface area (Å²) in [5.74, 6) is 0. The molecule has 8 rings (SSSR count). The Balaban J connectivity index is 1.46. The fraction of sp³-hybridized carbons (Fsp3) is 0. The molecule has 0 aliphatic carbocycles. The van der Waals surface area contributed by atoms with Gasteiger partial charge in [-0.15, -0.1) is 0 Å². The SMILES string of the molecule is O=P(c1ccccc1)(c1ccccc1)c1cc(-c2ccc3ccccc3n2)cc(-c2cc3ccccc3c3ccccc23)c1. The third-order valence-corrected chi connectivity index (χ3v) is 11.5. The average molecular weight is 582 g/mol. The number of nitrogens with zero attached hydrogens (tertiary/aromatic N) is 1. The smallest absolute Gasteiger partial charge is 0.171 e. The second-order valence-corrected chi connectivity index (χ2v) is 13.9. The molecule has 0 unspecified atom stereocenters. The molecule has 0 saturated heterocycles. The zero-order chi connectivity index (χ0) is 29.5. The minimum Gasteiger partial charge on any atom is -0.309 e. The minimum atomic E-state index is -3.26. The van der Waals surface area contributed by atoms with Crippen molar-refractivity contribution in [2.45, 2.75) is 0 Å². The molecule has 7 aromatic carbocycles. The molecule has 44 heavy (non-hydrogen) atoms. The van der Waals surface area contributed by atoms with E-state index in [1.165, 1.54) is 16.2 Å². The summed E-state index contributed by atoms with van der Waals surface area (Å²) in [7, 11) is -3.26. The Morgan fingerprint density at radius 1 is 0.409 bits per heavy atom. The van der Waals surface area contributed by atoms with Crippen molar-refractivity contribution in [2.24, 2.45) is 0 Å². The lowest BCUT2D eigenvalue weighted by Gasteiger charge is -2.22. The van der Waals surface area contributed by atoms with Gasteiger partial charge in [0.1, 0.15) is 0 Å². The van der Waals surface area contributed by atoms with Gasteiger partial charge in [-0.1, -0.05) is 133 Å². The van der Waals surface area contributed by atoms with Gasteiger partial charge in [0.2, 0.25) is 0 Å².